The number of hydroxylamine groups is 1. The molecule has 0 bridgehead atoms. The van der Waals surface area contributed by atoms with Crippen molar-refractivity contribution in [1.29, 1.82) is 0 Å². The summed E-state index contributed by atoms with van der Waals surface area (Å²) in [5, 5.41) is 11.3. The maximum atomic E-state index is 12.3. The van der Waals surface area contributed by atoms with Gasteiger partial charge >= 0.3 is 0 Å². The number of carbonyl (C=O) groups excluding carboxylic acids is 2. The van der Waals surface area contributed by atoms with Crippen LogP contribution >= 0.6 is 0 Å². The summed E-state index contributed by atoms with van der Waals surface area (Å²) in [7, 11) is 0. The van der Waals surface area contributed by atoms with E-state index in [1.54, 1.807) is 31.2 Å². The van der Waals surface area contributed by atoms with Crippen LogP contribution < -0.4 is 16.5 Å². The quantitative estimate of drug-likeness (QED) is 0.317. The molecular formula is C23H27N3O4. The molecule has 1 unspecified atom stereocenters. The van der Waals surface area contributed by atoms with Gasteiger partial charge in [0.2, 0.25) is 0 Å². The van der Waals surface area contributed by atoms with E-state index in [1.807, 2.05) is 38.1 Å². The Morgan fingerprint density at radius 1 is 1.00 bits per heavy atom. The molecular weight excluding hydrogens is 382 g/mol. The van der Waals surface area contributed by atoms with Crippen molar-refractivity contribution in [3.63, 3.8) is 0 Å². The predicted octanol–water partition coefficient (Wildman–Crippen LogP) is 1.96. The van der Waals surface area contributed by atoms with Crippen molar-refractivity contribution in [2.24, 2.45) is 5.73 Å². The van der Waals surface area contributed by atoms with Gasteiger partial charge in [0.25, 0.3) is 11.8 Å². The molecule has 0 radical (unpaired) electrons. The van der Waals surface area contributed by atoms with Gasteiger partial charge < -0.3 is 15.8 Å². The van der Waals surface area contributed by atoms with Crippen LogP contribution in [-0.4, -0.2) is 35.2 Å². The molecule has 2 aromatic carbocycles. The van der Waals surface area contributed by atoms with Crippen molar-refractivity contribution in [3.8, 4) is 11.8 Å². The van der Waals surface area contributed by atoms with Crippen LogP contribution in [0.3, 0.4) is 0 Å². The molecule has 0 saturated carbocycles. The van der Waals surface area contributed by atoms with E-state index in [-0.39, 0.29) is 6.10 Å². The summed E-state index contributed by atoms with van der Waals surface area (Å²) < 4.78 is 5.57. The van der Waals surface area contributed by atoms with E-state index in [0.29, 0.717) is 12.2 Å². The van der Waals surface area contributed by atoms with Crippen molar-refractivity contribution in [2.45, 2.75) is 45.6 Å². The van der Waals surface area contributed by atoms with Crippen LogP contribution in [0, 0.1) is 11.8 Å². The number of hydrogen-bond acceptors (Lipinski definition) is 5. The average molecular weight is 409 g/mol. The van der Waals surface area contributed by atoms with Crippen LogP contribution in [0.25, 0.3) is 0 Å². The van der Waals surface area contributed by atoms with Gasteiger partial charge in [0.1, 0.15) is 6.04 Å². The minimum atomic E-state index is -1.05. The summed E-state index contributed by atoms with van der Waals surface area (Å²) in [4.78, 5) is 23.9. The molecule has 0 aromatic heterocycles. The zero-order valence-electron chi connectivity index (χ0n) is 17.3. The highest BCUT2D eigenvalue weighted by molar-refractivity contribution is 5.97. The molecule has 0 aliphatic carbocycles. The van der Waals surface area contributed by atoms with Gasteiger partial charge in [0.15, 0.2) is 0 Å². The summed E-state index contributed by atoms with van der Waals surface area (Å²) in [6.07, 6.45) is 0.186. The second kappa shape index (κ2) is 11.1. The minimum Gasteiger partial charge on any atom is -0.374 e. The van der Waals surface area contributed by atoms with E-state index in [2.05, 4.69) is 17.2 Å². The van der Waals surface area contributed by atoms with Crippen molar-refractivity contribution in [2.75, 3.05) is 0 Å². The highest BCUT2D eigenvalue weighted by atomic mass is 16.5. The Morgan fingerprint density at radius 3 is 2.00 bits per heavy atom. The maximum Gasteiger partial charge on any atom is 0.267 e. The molecule has 7 heteroatoms. The van der Waals surface area contributed by atoms with Crippen LogP contribution in [0.2, 0.25) is 0 Å². The SMILES string of the molecule is CC(C)OCc1ccc(C#Cc2ccc(C(=O)NC(C(=O)NO)[C@@H](C)N)cc2)cc1. The maximum absolute atomic E-state index is 12.3. The molecule has 2 aromatic rings. The number of rotatable bonds is 7. The van der Waals surface area contributed by atoms with E-state index in [9.17, 15) is 9.59 Å². The Labute approximate surface area is 176 Å². The molecule has 7 nitrogen and oxygen atoms in total. The molecule has 2 rings (SSSR count). The smallest absolute Gasteiger partial charge is 0.267 e. The van der Waals surface area contributed by atoms with Gasteiger partial charge in [-0.15, -0.1) is 0 Å². The first-order valence-electron chi connectivity index (χ1n) is 9.63. The minimum absolute atomic E-state index is 0.186. The Bertz CT molecular complexity index is 910. The third-order valence-electron chi connectivity index (χ3n) is 4.24. The van der Waals surface area contributed by atoms with Crippen LogP contribution in [-0.2, 0) is 16.1 Å². The number of benzene rings is 2. The third kappa shape index (κ3) is 7.01. The number of nitrogens with one attached hydrogen (secondary N) is 2. The number of amides is 2. The molecule has 158 valence electrons. The second-order valence-electron chi connectivity index (χ2n) is 7.17. The zero-order valence-corrected chi connectivity index (χ0v) is 17.3. The largest absolute Gasteiger partial charge is 0.374 e. The summed E-state index contributed by atoms with van der Waals surface area (Å²) in [5.74, 6) is 4.89. The normalized spacial score (nSPS) is 12.5. The Hall–Kier alpha value is -3.18. The fraction of sp³-hybridized carbons (Fsp3) is 0.304. The zero-order chi connectivity index (χ0) is 22.1. The second-order valence-corrected chi connectivity index (χ2v) is 7.17. The predicted molar refractivity (Wildman–Crippen MR) is 114 cm³/mol. The van der Waals surface area contributed by atoms with Gasteiger partial charge in [-0.1, -0.05) is 24.0 Å². The number of ether oxygens (including phenoxy) is 1. The lowest BCUT2D eigenvalue weighted by Crippen LogP contribution is -2.54. The van der Waals surface area contributed by atoms with Gasteiger partial charge in [0, 0.05) is 22.7 Å². The average Bonchev–Trinajstić information content (AvgIpc) is 2.74. The Kier molecular flexibility index (Phi) is 8.56. The highest BCUT2D eigenvalue weighted by Gasteiger charge is 2.24. The van der Waals surface area contributed by atoms with Crippen LogP contribution in [0.15, 0.2) is 48.5 Å². The van der Waals surface area contributed by atoms with E-state index < -0.39 is 23.9 Å². The molecule has 0 heterocycles. The number of hydrogen-bond donors (Lipinski definition) is 4. The first kappa shape index (κ1) is 23.1. The van der Waals surface area contributed by atoms with Crippen LogP contribution in [0.5, 0.6) is 0 Å². The summed E-state index contributed by atoms with van der Waals surface area (Å²) >= 11 is 0. The fourth-order valence-electron chi connectivity index (χ4n) is 2.53. The third-order valence-corrected chi connectivity index (χ3v) is 4.24. The molecule has 0 aliphatic heterocycles. The van der Waals surface area contributed by atoms with E-state index in [4.69, 9.17) is 15.7 Å². The van der Waals surface area contributed by atoms with Crippen LogP contribution in [0.1, 0.15) is 47.8 Å². The van der Waals surface area contributed by atoms with Gasteiger partial charge in [0.05, 0.1) is 12.7 Å². The fourth-order valence-corrected chi connectivity index (χ4v) is 2.53. The molecule has 0 aliphatic rings. The molecule has 2 atom stereocenters. The lowest BCUT2D eigenvalue weighted by atomic mass is 10.1. The molecule has 0 saturated heterocycles. The Morgan fingerprint density at radius 2 is 1.53 bits per heavy atom. The van der Waals surface area contributed by atoms with Gasteiger partial charge in [-0.2, -0.15) is 0 Å². The van der Waals surface area contributed by atoms with E-state index in [0.717, 1.165) is 16.7 Å². The highest BCUT2D eigenvalue weighted by Crippen LogP contribution is 2.08. The van der Waals surface area contributed by atoms with Crippen molar-refractivity contribution in [3.05, 3.63) is 70.8 Å². The molecule has 0 fully saturated rings. The summed E-state index contributed by atoms with van der Waals surface area (Å²) in [6, 6.07) is 12.8. The summed E-state index contributed by atoms with van der Waals surface area (Å²) in [6.45, 7) is 6.12. The molecule has 30 heavy (non-hydrogen) atoms. The number of nitrogens with two attached hydrogens (primary N) is 1. The van der Waals surface area contributed by atoms with Crippen molar-refractivity contribution >= 4 is 11.8 Å². The van der Waals surface area contributed by atoms with Gasteiger partial charge in [-0.25, -0.2) is 5.48 Å². The van der Waals surface area contributed by atoms with Gasteiger partial charge in [-0.3, -0.25) is 14.8 Å². The summed E-state index contributed by atoms with van der Waals surface area (Å²) in [5.41, 5.74) is 10.2. The number of carbonyl (C=O) groups is 2. The van der Waals surface area contributed by atoms with Gasteiger partial charge in [-0.05, 0) is 62.7 Å². The topological polar surface area (TPSA) is 114 Å². The van der Waals surface area contributed by atoms with Crippen molar-refractivity contribution in [1.82, 2.24) is 10.8 Å². The molecule has 5 N–H and O–H groups in total. The van der Waals surface area contributed by atoms with Crippen molar-refractivity contribution < 1.29 is 19.5 Å². The lowest BCUT2D eigenvalue weighted by Gasteiger charge is -2.20. The molecule has 2 amide bonds. The van der Waals surface area contributed by atoms with E-state index >= 15 is 0 Å². The first-order valence-corrected chi connectivity index (χ1v) is 9.63. The monoisotopic (exact) mass is 409 g/mol. The molecule has 0 spiro atoms. The Balaban J connectivity index is 2.01. The standard InChI is InChI=1S/C23H27N3O4/c1-15(2)30-14-19-8-6-17(7-9-19)4-5-18-10-12-20(13-11-18)22(27)25-21(16(3)24)23(28)26-29/h6-13,15-16,21,29H,14,24H2,1-3H3,(H,25,27)(H,26,28)/t16-,21?/m1/s1. The van der Waals surface area contributed by atoms with E-state index in [1.165, 1.54) is 5.48 Å². The lowest BCUT2D eigenvalue weighted by molar-refractivity contribution is -0.131. The first-order chi connectivity index (χ1) is 14.3. The van der Waals surface area contributed by atoms with Crippen LogP contribution in [0.4, 0.5) is 0 Å².